The van der Waals surface area contributed by atoms with Gasteiger partial charge in [-0.15, -0.1) is 11.3 Å². The number of hydrogen-bond donors (Lipinski definition) is 4. The highest BCUT2D eigenvalue weighted by Crippen LogP contribution is 2.27. The second kappa shape index (κ2) is 11.2. The number of amides is 2. The predicted octanol–water partition coefficient (Wildman–Crippen LogP) is 3.05. The summed E-state index contributed by atoms with van der Waals surface area (Å²) in [5, 5.41) is 10.6. The molecule has 3 aromatic carbocycles. The molecule has 2 atom stereocenters. The van der Waals surface area contributed by atoms with Crippen LogP contribution in [0.5, 0.6) is 0 Å². The molecular weight excluding hydrogens is 520 g/mol. The minimum atomic E-state index is -3.65. The van der Waals surface area contributed by atoms with Crippen molar-refractivity contribution in [1.82, 2.24) is 15.4 Å². The summed E-state index contributed by atoms with van der Waals surface area (Å²) >= 11 is 1.56. The van der Waals surface area contributed by atoms with Gasteiger partial charge in [-0.3, -0.25) is 9.59 Å². The van der Waals surface area contributed by atoms with Gasteiger partial charge in [0.25, 0.3) is 0 Å². The molecule has 0 bridgehead atoms. The van der Waals surface area contributed by atoms with Crippen molar-refractivity contribution in [2.45, 2.75) is 44.4 Å². The molecule has 2 amide bonds. The first-order chi connectivity index (χ1) is 17.9. The fourth-order valence-electron chi connectivity index (χ4n) is 4.22. The van der Waals surface area contributed by atoms with E-state index in [1.54, 1.807) is 25.2 Å². The second-order valence-electron chi connectivity index (χ2n) is 10.0. The van der Waals surface area contributed by atoms with E-state index in [4.69, 9.17) is 5.73 Å². The number of carbonyl (C=O) groups is 2. The Morgan fingerprint density at radius 1 is 0.947 bits per heavy atom. The van der Waals surface area contributed by atoms with Gasteiger partial charge in [-0.25, -0.2) is 8.42 Å². The SMILES string of the molecule is CC(C)(N)C(=O)N[C@H](Cc1csc2ccccc12)C(=O)N[C@H](Cc1ccc2ccccc2c1)NS(C)(=O)=O. The molecule has 8 nitrogen and oxygen atoms in total. The Balaban J connectivity index is 1.60. The highest BCUT2D eigenvalue weighted by molar-refractivity contribution is 7.88. The van der Waals surface area contributed by atoms with Gasteiger partial charge >= 0.3 is 0 Å². The number of hydrogen-bond acceptors (Lipinski definition) is 6. The summed E-state index contributed by atoms with van der Waals surface area (Å²) in [5.74, 6) is -1.00. The average Bonchev–Trinajstić information content (AvgIpc) is 3.24. The van der Waals surface area contributed by atoms with Crippen molar-refractivity contribution in [1.29, 1.82) is 0 Å². The molecule has 0 radical (unpaired) electrons. The lowest BCUT2D eigenvalue weighted by atomic mass is 10.0. The summed E-state index contributed by atoms with van der Waals surface area (Å²) < 4.78 is 27.9. The molecule has 0 saturated carbocycles. The van der Waals surface area contributed by atoms with Gasteiger partial charge in [-0.1, -0.05) is 60.7 Å². The third-order valence-corrected chi connectivity index (χ3v) is 7.84. The molecule has 0 aliphatic rings. The summed E-state index contributed by atoms with van der Waals surface area (Å²) in [7, 11) is -3.65. The van der Waals surface area contributed by atoms with E-state index in [1.807, 2.05) is 72.1 Å². The Morgan fingerprint density at radius 3 is 2.34 bits per heavy atom. The van der Waals surface area contributed by atoms with Gasteiger partial charge in [-0.2, -0.15) is 4.72 Å². The van der Waals surface area contributed by atoms with Crippen LogP contribution in [-0.4, -0.2) is 44.2 Å². The van der Waals surface area contributed by atoms with Gasteiger partial charge in [0.05, 0.1) is 18.0 Å². The predicted molar refractivity (Wildman–Crippen MR) is 153 cm³/mol. The molecule has 0 spiro atoms. The lowest BCUT2D eigenvalue weighted by Gasteiger charge is -2.26. The molecule has 4 rings (SSSR count). The van der Waals surface area contributed by atoms with Gasteiger partial charge in [0, 0.05) is 17.5 Å². The highest BCUT2D eigenvalue weighted by Gasteiger charge is 2.30. The van der Waals surface area contributed by atoms with E-state index in [2.05, 4.69) is 15.4 Å². The van der Waals surface area contributed by atoms with Crippen molar-refractivity contribution < 1.29 is 18.0 Å². The van der Waals surface area contributed by atoms with Crippen molar-refractivity contribution in [3.63, 3.8) is 0 Å². The smallest absolute Gasteiger partial charge is 0.244 e. The van der Waals surface area contributed by atoms with E-state index in [1.165, 1.54) is 0 Å². The Morgan fingerprint density at radius 2 is 1.63 bits per heavy atom. The van der Waals surface area contributed by atoms with E-state index in [-0.39, 0.29) is 12.8 Å². The quantitative estimate of drug-likeness (QED) is 0.225. The van der Waals surface area contributed by atoms with Crippen LogP contribution in [0.2, 0.25) is 0 Å². The van der Waals surface area contributed by atoms with Crippen LogP contribution in [0.15, 0.2) is 72.1 Å². The summed E-state index contributed by atoms with van der Waals surface area (Å²) in [4.78, 5) is 26.3. The van der Waals surface area contributed by atoms with E-state index in [0.717, 1.165) is 38.2 Å². The lowest BCUT2D eigenvalue weighted by molar-refractivity contribution is -0.131. The van der Waals surface area contributed by atoms with Crippen LogP contribution >= 0.6 is 11.3 Å². The van der Waals surface area contributed by atoms with E-state index in [9.17, 15) is 18.0 Å². The molecule has 38 heavy (non-hydrogen) atoms. The Hall–Kier alpha value is -3.31. The van der Waals surface area contributed by atoms with Crippen molar-refractivity contribution in [2.24, 2.45) is 5.73 Å². The second-order valence-corrected chi connectivity index (χ2v) is 12.7. The van der Waals surface area contributed by atoms with Crippen molar-refractivity contribution in [2.75, 3.05) is 6.26 Å². The largest absolute Gasteiger partial charge is 0.342 e. The Bertz CT molecular complexity index is 1570. The summed E-state index contributed by atoms with van der Waals surface area (Å²) in [6.07, 6.45) is 0.552. The monoisotopic (exact) mass is 552 g/mol. The highest BCUT2D eigenvalue weighted by atomic mass is 32.2. The van der Waals surface area contributed by atoms with E-state index in [0.29, 0.717) is 0 Å². The van der Waals surface area contributed by atoms with Gasteiger partial charge in [0.15, 0.2) is 0 Å². The number of nitrogens with two attached hydrogens (primary N) is 1. The van der Waals surface area contributed by atoms with E-state index < -0.39 is 39.6 Å². The van der Waals surface area contributed by atoms with Crippen LogP contribution in [-0.2, 0) is 32.5 Å². The fourth-order valence-corrected chi connectivity index (χ4v) is 5.85. The van der Waals surface area contributed by atoms with Crippen LogP contribution in [0.1, 0.15) is 25.0 Å². The maximum atomic E-state index is 13.6. The standard InChI is InChI=1S/C28H32N4O4S2/c1-28(2,29)27(34)30-23(16-21-17-37-24-11-7-6-10-22(21)24)26(33)31-25(32-38(3,35)36)15-18-12-13-19-8-4-5-9-20(19)14-18/h4-14,17,23,25,32H,15-16,29H2,1-3H3,(H,30,34)(H,31,33)/t23-,25+/m1/s1. The zero-order chi connectivity index (χ0) is 27.5. The minimum Gasteiger partial charge on any atom is -0.342 e. The molecule has 5 N–H and O–H groups in total. The first-order valence-corrected chi connectivity index (χ1v) is 15.0. The Kier molecular flexibility index (Phi) is 8.17. The minimum absolute atomic E-state index is 0.216. The summed E-state index contributed by atoms with van der Waals surface area (Å²) in [6.45, 7) is 3.12. The average molecular weight is 553 g/mol. The number of rotatable bonds is 10. The van der Waals surface area contributed by atoms with Crippen molar-refractivity contribution >= 4 is 54.0 Å². The van der Waals surface area contributed by atoms with Crippen LogP contribution < -0.4 is 21.1 Å². The number of nitrogens with one attached hydrogen (secondary N) is 3. The lowest BCUT2D eigenvalue weighted by Crippen LogP contribution is -2.59. The fraction of sp³-hybridized carbons (Fsp3) is 0.286. The molecule has 10 heteroatoms. The molecule has 0 fully saturated rings. The van der Waals surface area contributed by atoms with Crippen LogP contribution in [0, 0.1) is 0 Å². The number of fused-ring (bicyclic) bond motifs is 2. The third kappa shape index (κ3) is 7.16. The first-order valence-electron chi connectivity index (χ1n) is 12.2. The zero-order valence-electron chi connectivity index (χ0n) is 21.5. The van der Waals surface area contributed by atoms with E-state index >= 15 is 0 Å². The van der Waals surface area contributed by atoms with Crippen LogP contribution in [0.4, 0.5) is 0 Å². The molecule has 1 aromatic heterocycles. The Labute approximate surface area is 226 Å². The number of sulfonamides is 1. The van der Waals surface area contributed by atoms with Gasteiger partial charge in [0.1, 0.15) is 6.04 Å². The van der Waals surface area contributed by atoms with Crippen LogP contribution in [0.25, 0.3) is 20.9 Å². The molecular formula is C28H32N4O4S2. The third-order valence-electron chi connectivity index (χ3n) is 6.12. The molecule has 0 aliphatic carbocycles. The first kappa shape index (κ1) is 27.7. The summed E-state index contributed by atoms with van der Waals surface area (Å²) in [5.41, 5.74) is 6.54. The maximum absolute atomic E-state index is 13.6. The molecule has 4 aromatic rings. The summed E-state index contributed by atoms with van der Waals surface area (Å²) in [6, 6.07) is 20.5. The maximum Gasteiger partial charge on any atom is 0.244 e. The van der Waals surface area contributed by atoms with Gasteiger partial charge < -0.3 is 16.4 Å². The van der Waals surface area contributed by atoms with Gasteiger partial charge in [-0.05, 0) is 52.6 Å². The van der Waals surface area contributed by atoms with Crippen molar-refractivity contribution in [3.8, 4) is 0 Å². The van der Waals surface area contributed by atoms with Gasteiger partial charge in [0.2, 0.25) is 21.8 Å². The molecule has 200 valence electrons. The topological polar surface area (TPSA) is 130 Å². The van der Waals surface area contributed by atoms with Crippen molar-refractivity contribution in [3.05, 3.63) is 83.2 Å². The molecule has 0 aliphatic heterocycles. The number of carbonyl (C=O) groups excluding carboxylic acids is 2. The number of thiophene rings is 1. The number of benzene rings is 3. The normalized spacial score (nSPS) is 13.8. The molecule has 1 heterocycles. The van der Waals surface area contributed by atoms with Crippen LogP contribution in [0.3, 0.4) is 0 Å². The zero-order valence-corrected chi connectivity index (χ0v) is 23.2. The molecule has 0 saturated heterocycles. The molecule has 0 unspecified atom stereocenters.